The van der Waals surface area contributed by atoms with Crippen molar-refractivity contribution in [1.29, 1.82) is 0 Å². The second kappa shape index (κ2) is 3.28. The van der Waals surface area contributed by atoms with Crippen molar-refractivity contribution < 1.29 is 0 Å². The summed E-state index contributed by atoms with van der Waals surface area (Å²) in [6.45, 7) is 2.05. The van der Waals surface area contributed by atoms with Crippen LogP contribution in [0.1, 0.15) is 5.56 Å². The summed E-state index contributed by atoms with van der Waals surface area (Å²) in [4.78, 5) is 4.28. The van der Waals surface area contributed by atoms with Crippen molar-refractivity contribution in [3.05, 3.63) is 39.5 Å². The molecule has 0 amide bonds. The van der Waals surface area contributed by atoms with Crippen molar-refractivity contribution in [3.63, 3.8) is 0 Å². The minimum Gasteiger partial charge on any atom is -0.255 e. The van der Waals surface area contributed by atoms with Crippen LogP contribution in [-0.4, -0.2) is 4.98 Å². The lowest BCUT2D eigenvalue weighted by Gasteiger charge is -2.03. The van der Waals surface area contributed by atoms with E-state index >= 15 is 0 Å². The normalized spacial score (nSPS) is 10.7. The molecule has 3 heteroatoms. The predicted molar refractivity (Wildman–Crippen MR) is 59.2 cm³/mol. The molecule has 2 rings (SSSR count). The van der Waals surface area contributed by atoms with Crippen LogP contribution in [0.5, 0.6) is 0 Å². The average Bonchev–Trinajstić information content (AvgIpc) is 2.07. The van der Waals surface area contributed by atoms with Crippen LogP contribution >= 0.6 is 27.5 Å². The maximum atomic E-state index is 5.94. The Morgan fingerprint density at radius 1 is 1.38 bits per heavy atom. The zero-order chi connectivity index (χ0) is 9.42. The van der Waals surface area contributed by atoms with Crippen LogP contribution in [-0.2, 0) is 0 Å². The molecule has 0 aliphatic heterocycles. The minimum atomic E-state index is 0.732. The molecule has 0 bridgehead atoms. The van der Waals surface area contributed by atoms with E-state index in [-0.39, 0.29) is 0 Å². The molecule has 1 nitrogen and oxygen atoms in total. The van der Waals surface area contributed by atoms with E-state index < -0.39 is 0 Å². The van der Waals surface area contributed by atoms with Crippen LogP contribution in [0.3, 0.4) is 0 Å². The van der Waals surface area contributed by atoms with Gasteiger partial charge in [0, 0.05) is 21.1 Å². The zero-order valence-corrected chi connectivity index (χ0v) is 9.35. The topological polar surface area (TPSA) is 12.9 Å². The van der Waals surface area contributed by atoms with E-state index in [1.165, 1.54) is 5.56 Å². The van der Waals surface area contributed by atoms with Gasteiger partial charge in [0.1, 0.15) is 0 Å². The van der Waals surface area contributed by atoms with Gasteiger partial charge in [0.15, 0.2) is 0 Å². The Morgan fingerprint density at radius 3 is 2.92 bits per heavy atom. The summed E-state index contributed by atoms with van der Waals surface area (Å²) in [6.07, 6.45) is 1.80. The van der Waals surface area contributed by atoms with E-state index in [1.54, 1.807) is 6.20 Å². The highest BCUT2D eigenvalue weighted by Gasteiger charge is 2.03. The lowest BCUT2D eigenvalue weighted by Crippen LogP contribution is -1.83. The number of rotatable bonds is 0. The van der Waals surface area contributed by atoms with E-state index in [4.69, 9.17) is 11.6 Å². The fourth-order valence-corrected chi connectivity index (χ4v) is 2.22. The first-order valence-corrected chi connectivity index (χ1v) is 5.06. The number of aryl methyl sites for hydroxylation is 1. The molecule has 0 saturated carbocycles. The Balaban J connectivity index is 2.94. The summed E-state index contributed by atoms with van der Waals surface area (Å²) >= 11 is 9.37. The number of hydrogen-bond donors (Lipinski definition) is 0. The highest BCUT2D eigenvalue weighted by molar-refractivity contribution is 9.10. The van der Waals surface area contributed by atoms with Crippen LogP contribution in [0.25, 0.3) is 10.9 Å². The van der Waals surface area contributed by atoms with Gasteiger partial charge in [0.25, 0.3) is 0 Å². The lowest BCUT2D eigenvalue weighted by molar-refractivity contribution is 1.36. The van der Waals surface area contributed by atoms with Crippen LogP contribution in [0.4, 0.5) is 0 Å². The first-order valence-electron chi connectivity index (χ1n) is 3.89. The van der Waals surface area contributed by atoms with Crippen LogP contribution in [0.2, 0.25) is 5.02 Å². The molecule has 0 fully saturated rings. The SMILES string of the molecule is Cc1ccnc2c(Br)cc(Cl)cc12. The molecule has 0 N–H and O–H groups in total. The van der Waals surface area contributed by atoms with E-state index in [0.29, 0.717) is 0 Å². The molecular weight excluding hydrogens is 249 g/mol. The van der Waals surface area contributed by atoms with Crippen molar-refractivity contribution >= 4 is 38.4 Å². The molecule has 0 atom stereocenters. The summed E-state index contributed by atoms with van der Waals surface area (Å²) in [5, 5.41) is 1.83. The van der Waals surface area contributed by atoms with E-state index in [1.807, 2.05) is 25.1 Å². The summed E-state index contributed by atoms with van der Waals surface area (Å²) in [7, 11) is 0. The molecule has 0 aliphatic carbocycles. The Labute approximate surface area is 89.9 Å². The molecule has 0 saturated heterocycles. The number of benzene rings is 1. The second-order valence-electron chi connectivity index (χ2n) is 2.91. The third-order valence-corrected chi connectivity index (χ3v) is 2.80. The zero-order valence-electron chi connectivity index (χ0n) is 7.01. The fraction of sp³-hybridized carbons (Fsp3) is 0.100. The Morgan fingerprint density at radius 2 is 2.15 bits per heavy atom. The molecule has 1 heterocycles. The molecular formula is C10H7BrClN. The van der Waals surface area contributed by atoms with E-state index in [9.17, 15) is 0 Å². The van der Waals surface area contributed by atoms with E-state index in [2.05, 4.69) is 20.9 Å². The van der Waals surface area contributed by atoms with Crippen molar-refractivity contribution in [2.45, 2.75) is 6.92 Å². The number of fused-ring (bicyclic) bond motifs is 1. The third kappa shape index (κ3) is 1.56. The van der Waals surface area contributed by atoms with Gasteiger partial charge in [-0.15, -0.1) is 0 Å². The van der Waals surface area contributed by atoms with Gasteiger partial charge in [-0.1, -0.05) is 11.6 Å². The monoisotopic (exact) mass is 255 g/mol. The van der Waals surface area contributed by atoms with Crippen LogP contribution < -0.4 is 0 Å². The highest BCUT2D eigenvalue weighted by atomic mass is 79.9. The number of halogens is 2. The standard InChI is InChI=1S/C10H7BrClN/c1-6-2-3-13-10-8(6)4-7(12)5-9(10)11/h2-5H,1H3. The predicted octanol–water partition coefficient (Wildman–Crippen LogP) is 3.96. The van der Waals surface area contributed by atoms with Gasteiger partial charge in [-0.3, -0.25) is 4.98 Å². The van der Waals surface area contributed by atoms with Crippen molar-refractivity contribution in [1.82, 2.24) is 4.98 Å². The van der Waals surface area contributed by atoms with Gasteiger partial charge >= 0.3 is 0 Å². The number of hydrogen-bond acceptors (Lipinski definition) is 1. The summed E-state index contributed by atoms with van der Waals surface area (Å²) < 4.78 is 0.943. The van der Waals surface area contributed by atoms with Gasteiger partial charge in [0.05, 0.1) is 5.52 Å². The van der Waals surface area contributed by atoms with Gasteiger partial charge in [-0.05, 0) is 46.6 Å². The van der Waals surface area contributed by atoms with Gasteiger partial charge in [0.2, 0.25) is 0 Å². The van der Waals surface area contributed by atoms with Gasteiger partial charge < -0.3 is 0 Å². The lowest BCUT2D eigenvalue weighted by atomic mass is 10.1. The maximum absolute atomic E-state index is 5.94. The van der Waals surface area contributed by atoms with Gasteiger partial charge in [-0.25, -0.2) is 0 Å². The molecule has 0 spiro atoms. The van der Waals surface area contributed by atoms with Crippen molar-refractivity contribution in [3.8, 4) is 0 Å². The van der Waals surface area contributed by atoms with Gasteiger partial charge in [-0.2, -0.15) is 0 Å². The van der Waals surface area contributed by atoms with Crippen LogP contribution in [0.15, 0.2) is 28.9 Å². The maximum Gasteiger partial charge on any atom is 0.0847 e. The van der Waals surface area contributed by atoms with Crippen molar-refractivity contribution in [2.24, 2.45) is 0 Å². The quantitative estimate of drug-likeness (QED) is 0.695. The largest absolute Gasteiger partial charge is 0.255 e. The number of pyridine rings is 1. The molecule has 66 valence electrons. The summed E-state index contributed by atoms with van der Waals surface area (Å²) in [5.74, 6) is 0. The summed E-state index contributed by atoms with van der Waals surface area (Å²) in [5.41, 5.74) is 2.15. The smallest absolute Gasteiger partial charge is 0.0847 e. The molecule has 2 aromatic rings. The Kier molecular flexibility index (Phi) is 2.26. The van der Waals surface area contributed by atoms with Crippen LogP contribution in [0, 0.1) is 6.92 Å². The Bertz CT molecular complexity index is 468. The molecule has 0 radical (unpaired) electrons. The average molecular weight is 257 g/mol. The second-order valence-corrected chi connectivity index (χ2v) is 4.20. The fourth-order valence-electron chi connectivity index (χ4n) is 1.31. The molecule has 0 aliphatic rings. The molecule has 1 aromatic heterocycles. The molecule has 1 aromatic carbocycles. The Hall–Kier alpha value is -0.600. The van der Waals surface area contributed by atoms with Crippen molar-refractivity contribution in [2.75, 3.05) is 0 Å². The number of nitrogens with zero attached hydrogens (tertiary/aromatic N) is 1. The highest BCUT2D eigenvalue weighted by Crippen LogP contribution is 2.28. The molecule has 0 unspecified atom stereocenters. The first kappa shape index (κ1) is 8.97. The molecule has 13 heavy (non-hydrogen) atoms. The summed E-state index contributed by atoms with van der Waals surface area (Å²) in [6, 6.07) is 5.77. The first-order chi connectivity index (χ1) is 6.18. The van der Waals surface area contributed by atoms with E-state index in [0.717, 1.165) is 20.4 Å². The number of aromatic nitrogens is 1. The third-order valence-electron chi connectivity index (χ3n) is 1.98. The minimum absolute atomic E-state index is 0.732.